The molecule has 2 heterocycles. The van der Waals surface area contributed by atoms with Gasteiger partial charge in [-0.25, -0.2) is 0 Å². The fraction of sp³-hybridized carbons (Fsp3) is 0. The SMILES string of the molecule is c1ccc2c(c1)ccn2-c1cn[nH]n1. The molecule has 0 unspecified atom stereocenters. The number of fused-ring (bicyclic) bond motifs is 1. The second-order valence-corrected chi connectivity index (χ2v) is 3.07. The maximum absolute atomic E-state index is 4.04. The van der Waals surface area contributed by atoms with Crippen LogP contribution in [0.2, 0.25) is 0 Å². The Bertz CT molecular complexity index is 550. The van der Waals surface area contributed by atoms with E-state index in [-0.39, 0.29) is 0 Å². The Hall–Kier alpha value is -2.10. The van der Waals surface area contributed by atoms with Crippen molar-refractivity contribution in [3.05, 3.63) is 42.7 Å². The Morgan fingerprint density at radius 2 is 2.07 bits per heavy atom. The Morgan fingerprint density at radius 3 is 2.93 bits per heavy atom. The van der Waals surface area contributed by atoms with Gasteiger partial charge in [0.05, 0.1) is 11.7 Å². The Morgan fingerprint density at radius 1 is 1.14 bits per heavy atom. The number of aromatic amines is 1. The summed E-state index contributed by atoms with van der Waals surface area (Å²) in [6.07, 6.45) is 3.69. The third kappa shape index (κ3) is 0.939. The van der Waals surface area contributed by atoms with Crippen molar-refractivity contribution in [3.8, 4) is 5.82 Å². The summed E-state index contributed by atoms with van der Waals surface area (Å²) in [7, 11) is 0. The molecular weight excluding hydrogens is 176 g/mol. The topological polar surface area (TPSA) is 46.5 Å². The molecule has 2 aromatic heterocycles. The maximum Gasteiger partial charge on any atom is 0.179 e. The Labute approximate surface area is 80.2 Å². The van der Waals surface area contributed by atoms with Gasteiger partial charge in [0.1, 0.15) is 0 Å². The molecule has 0 aliphatic rings. The molecule has 0 spiro atoms. The molecule has 4 heteroatoms. The molecule has 0 aliphatic heterocycles. The van der Waals surface area contributed by atoms with Crippen LogP contribution in [-0.2, 0) is 0 Å². The van der Waals surface area contributed by atoms with Gasteiger partial charge < -0.3 is 0 Å². The molecule has 0 bridgehead atoms. The van der Waals surface area contributed by atoms with E-state index in [9.17, 15) is 0 Å². The number of benzene rings is 1. The monoisotopic (exact) mass is 184 g/mol. The fourth-order valence-electron chi connectivity index (χ4n) is 1.59. The van der Waals surface area contributed by atoms with Gasteiger partial charge in [-0.15, -0.1) is 5.10 Å². The largest absolute Gasteiger partial charge is 0.298 e. The van der Waals surface area contributed by atoms with E-state index in [1.165, 1.54) is 5.39 Å². The average Bonchev–Trinajstić information content (AvgIpc) is 2.85. The van der Waals surface area contributed by atoms with E-state index in [0.29, 0.717) is 0 Å². The average molecular weight is 184 g/mol. The lowest BCUT2D eigenvalue weighted by atomic mass is 10.2. The van der Waals surface area contributed by atoms with Crippen LogP contribution in [0.25, 0.3) is 16.7 Å². The second-order valence-electron chi connectivity index (χ2n) is 3.07. The number of nitrogens with one attached hydrogen (secondary N) is 1. The zero-order chi connectivity index (χ0) is 9.38. The molecule has 1 N–H and O–H groups in total. The highest BCUT2D eigenvalue weighted by Crippen LogP contribution is 2.17. The predicted molar refractivity (Wildman–Crippen MR) is 53.2 cm³/mol. The molecule has 4 nitrogen and oxygen atoms in total. The van der Waals surface area contributed by atoms with Gasteiger partial charge in [0.25, 0.3) is 0 Å². The van der Waals surface area contributed by atoms with E-state index in [0.717, 1.165) is 11.3 Å². The van der Waals surface area contributed by atoms with Crippen LogP contribution in [-0.4, -0.2) is 20.0 Å². The van der Waals surface area contributed by atoms with Gasteiger partial charge in [-0.3, -0.25) is 4.57 Å². The highest BCUT2D eigenvalue weighted by Gasteiger charge is 2.03. The number of nitrogens with zero attached hydrogens (tertiary/aromatic N) is 3. The van der Waals surface area contributed by atoms with Gasteiger partial charge in [0.2, 0.25) is 0 Å². The van der Waals surface area contributed by atoms with E-state index in [1.807, 2.05) is 22.9 Å². The molecule has 0 aliphatic carbocycles. The summed E-state index contributed by atoms with van der Waals surface area (Å²) in [6, 6.07) is 10.2. The molecule has 0 saturated carbocycles. The van der Waals surface area contributed by atoms with Gasteiger partial charge in [0, 0.05) is 6.20 Å². The lowest BCUT2D eigenvalue weighted by Crippen LogP contribution is -1.91. The first kappa shape index (κ1) is 7.32. The third-order valence-corrected chi connectivity index (χ3v) is 2.25. The Kier molecular flexibility index (Phi) is 1.41. The van der Waals surface area contributed by atoms with E-state index < -0.39 is 0 Å². The molecule has 0 fully saturated rings. The minimum atomic E-state index is 0.811. The Balaban J connectivity index is 2.33. The first-order valence-corrected chi connectivity index (χ1v) is 4.37. The molecule has 1 aromatic carbocycles. The van der Waals surface area contributed by atoms with Gasteiger partial charge >= 0.3 is 0 Å². The van der Waals surface area contributed by atoms with Gasteiger partial charge in [-0.05, 0) is 17.5 Å². The third-order valence-electron chi connectivity index (χ3n) is 2.25. The van der Waals surface area contributed by atoms with Gasteiger partial charge in [0.15, 0.2) is 5.82 Å². The van der Waals surface area contributed by atoms with Crippen LogP contribution >= 0.6 is 0 Å². The van der Waals surface area contributed by atoms with Gasteiger partial charge in [-0.2, -0.15) is 10.3 Å². The minimum Gasteiger partial charge on any atom is -0.298 e. The van der Waals surface area contributed by atoms with E-state index in [2.05, 4.69) is 33.6 Å². The van der Waals surface area contributed by atoms with Crippen LogP contribution < -0.4 is 0 Å². The quantitative estimate of drug-likeness (QED) is 0.626. The van der Waals surface area contributed by atoms with Crippen molar-refractivity contribution < 1.29 is 0 Å². The number of hydrogen-bond donors (Lipinski definition) is 1. The van der Waals surface area contributed by atoms with Crippen molar-refractivity contribution in [1.82, 2.24) is 20.0 Å². The molecule has 0 saturated heterocycles. The molecule has 3 aromatic rings. The molecule has 0 radical (unpaired) electrons. The standard InChI is InChI=1S/C10H8N4/c1-2-4-9-8(3-1)5-6-14(9)10-7-11-13-12-10/h1-7H,(H,11,12,13). The van der Waals surface area contributed by atoms with Crippen LogP contribution in [0.4, 0.5) is 0 Å². The zero-order valence-electron chi connectivity index (χ0n) is 7.38. The van der Waals surface area contributed by atoms with Crippen molar-refractivity contribution in [2.75, 3.05) is 0 Å². The number of H-pyrrole nitrogens is 1. The normalized spacial score (nSPS) is 10.9. The summed E-state index contributed by atoms with van der Waals surface area (Å²) in [5.74, 6) is 0.811. The van der Waals surface area contributed by atoms with E-state index >= 15 is 0 Å². The summed E-state index contributed by atoms with van der Waals surface area (Å²) in [5, 5.41) is 11.6. The van der Waals surface area contributed by atoms with E-state index in [1.54, 1.807) is 6.20 Å². The first-order chi connectivity index (χ1) is 6.95. The molecule has 14 heavy (non-hydrogen) atoms. The van der Waals surface area contributed by atoms with Crippen molar-refractivity contribution in [2.24, 2.45) is 0 Å². The van der Waals surface area contributed by atoms with Crippen LogP contribution in [0, 0.1) is 0 Å². The van der Waals surface area contributed by atoms with Crippen LogP contribution in [0.1, 0.15) is 0 Å². The lowest BCUT2D eigenvalue weighted by Gasteiger charge is -1.98. The lowest BCUT2D eigenvalue weighted by molar-refractivity contribution is 0.916. The number of para-hydroxylation sites is 1. The van der Waals surface area contributed by atoms with E-state index in [4.69, 9.17) is 0 Å². The van der Waals surface area contributed by atoms with Crippen LogP contribution in [0.15, 0.2) is 42.7 Å². The highest BCUT2D eigenvalue weighted by atomic mass is 15.4. The second kappa shape index (κ2) is 2.70. The van der Waals surface area contributed by atoms with Crippen molar-refractivity contribution in [2.45, 2.75) is 0 Å². The maximum atomic E-state index is 4.04. The molecule has 0 amide bonds. The molecule has 3 rings (SSSR count). The van der Waals surface area contributed by atoms with Crippen molar-refractivity contribution >= 4 is 10.9 Å². The molecule has 0 atom stereocenters. The minimum absolute atomic E-state index is 0.811. The molecule has 68 valence electrons. The summed E-state index contributed by atoms with van der Waals surface area (Å²) in [4.78, 5) is 0. The van der Waals surface area contributed by atoms with Crippen molar-refractivity contribution in [1.29, 1.82) is 0 Å². The number of hydrogen-bond acceptors (Lipinski definition) is 2. The molecular formula is C10H8N4. The predicted octanol–water partition coefficient (Wildman–Crippen LogP) is 1.75. The number of rotatable bonds is 1. The summed E-state index contributed by atoms with van der Waals surface area (Å²) in [6.45, 7) is 0. The summed E-state index contributed by atoms with van der Waals surface area (Å²) >= 11 is 0. The van der Waals surface area contributed by atoms with Crippen molar-refractivity contribution in [3.63, 3.8) is 0 Å². The zero-order valence-corrected chi connectivity index (χ0v) is 7.38. The van der Waals surface area contributed by atoms with Crippen LogP contribution in [0.3, 0.4) is 0 Å². The van der Waals surface area contributed by atoms with Crippen LogP contribution in [0.5, 0.6) is 0 Å². The number of aromatic nitrogens is 4. The fourth-order valence-corrected chi connectivity index (χ4v) is 1.59. The smallest absolute Gasteiger partial charge is 0.179 e. The first-order valence-electron chi connectivity index (χ1n) is 4.37. The van der Waals surface area contributed by atoms with Gasteiger partial charge in [-0.1, -0.05) is 18.2 Å². The highest BCUT2D eigenvalue weighted by molar-refractivity contribution is 5.81. The summed E-state index contributed by atoms with van der Waals surface area (Å²) in [5.41, 5.74) is 1.14. The summed E-state index contributed by atoms with van der Waals surface area (Å²) < 4.78 is 2.00.